The predicted octanol–water partition coefficient (Wildman–Crippen LogP) is 7.54. The van der Waals surface area contributed by atoms with Crippen molar-refractivity contribution in [2.24, 2.45) is 0 Å². The molecule has 0 unspecified atom stereocenters. The van der Waals surface area contributed by atoms with Gasteiger partial charge in [0.2, 0.25) is 0 Å². The summed E-state index contributed by atoms with van der Waals surface area (Å²) in [6.45, 7) is 3.68. The van der Waals surface area contributed by atoms with Gasteiger partial charge in [0, 0.05) is 29.8 Å². The molecule has 2 aromatic carbocycles. The van der Waals surface area contributed by atoms with E-state index < -0.39 is 0 Å². The second-order valence-electron chi connectivity index (χ2n) is 9.07. The average Bonchev–Trinajstić information content (AvgIpc) is 2.89. The lowest BCUT2D eigenvalue weighted by Crippen LogP contribution is -1.97. The molecule has 0 aliphatic rings. The van der Waals surface area contributed by atoms with E-state index in [9.17, 15) is 0 Å². The van der Waals surface area contributed by atoms with Crippen molar-refractivity contribution in [3.63, 3.8) is 0 Å². The van der Waals surface area contributed by atoms with Gasteiger partial charge in [-0.25, -0.2) is 9.97 Å². The molecule has 0 spiro atoms. The molecule has 0 amide bonds. The molecule has 5 aromatic rings. The highest BCUT2D eigenvalue weighted by molar-refractivity contribution is 6.21. The Morgan fingerprint density at radius 1 is 0.647 bits per heavy atom. The van der Waals surface area contributed by atoms with Gasteiger partial charge in [-0.05, 0) is 48.4 Å². The monoisotopic (exact) mass is 452 g/mol. The number of fused-ring (bicyclic) bond motifs is 7. The molecule has 174 valence electrons. The molecule has 0 aliphatic heterocycles. The highest BCUT2D eigenvalue weighted by Gasteiger charge is 2.13. The Hall–Kier alpha value is -3.18. The van der Waals surface area contributed by atoms with Crippen LogP contribution in [0.15, 0.2) is 54.9 Å². The largest absolute Gasteiger partial charge is 0.377 e. The number of aromatic nitrogens is 4. The fourth-order valence-electron chi connectivity index (χ4n) is 4.66. The lowest BCUT2D eigenvalue weighted by molar-refractivity contribution is 0.117. The zero-order valence-corrected chi connectivity index (χ0v) is 20.0. The number of ether oxygens (including phenoxy) is 1. The molecular formula is C29H32N4O. The molecule has 34 heavy (non-hydrogen) atoms. The van der Waals surface area contributed by atoms with Crippen LogP contribution in [-0.2, 0) is 11.3 Å². The molecule has 0 radical (unpaired) electrons. The van der Waals surface area contributed by atoms with Crippen LogP contribution in [0.25, 0.3) is 43.9 Å². The first-order chi connectivity index (χ1) is 16.8. The van der Waals surface area contributed by atoms with Gasteiger partial charge in [-0.15, -0.1) is 0 Å². The van der Waals surface area contributed by atoms with E-state index in [1.54, 1.807) is 12.4 Å². The second kappa shape index (κ2) is 10.8. The van der Waals surface area contributed by atoms with Gasteiger partial charge in [0.1, 0.15) is 0 Å². The van der Waals surface area contributed by atoms with Crippen LogP contribution in [0, 0.1) is 0 Å². The summed E-state index contributed by atoms with van der Waals surface area (Å²) >= 11 is 0. The fourth-order valence-corrected chi connectivity index (χ4v) is 4.66. The maximum Gasteiger partial charge on any atom is 0.0996 e. The van der Waals surface area contributed by atoms with E-state index in [0.29, 0.717) is 6.61 Å². The van der Waals surface area contributed by atoms with Crippen LogP contribution in [0.1, 0.15) is 63.9 Å². The van der Waals surface area contributed by atoms with Crippen LogP contribution in [0.2, 0.25) is 0 Å². The lowest BCUT2D eigenvalue weighted by atomic mass is 10.1. The molecule has 3 heterocycles. The van der Waals surface area contributed by atoms with Gasteiger partial charge in [0.15, 0.2) is 0 Å². The van der Waals surface area contributed by atoms with E-state index in [-0.39, 0.29) is 0 Å². The van der Waals surface area contributed by atoms with Crippen molar-refractivity contribution in [1.82, 2.24) is 19.9 Å². The third-order valence-electron chi connectivity index (χ3n) is 6.49. The van der Waals surface area contributed by atoms with Gasteiger partial charge in [-0.3, -0.25) is 9.97 Å². The Morgan fingerprint density at radius 2 is 1.26 bits per heavy atom. The minimum absolute atomic E-state index is 0.607. The summed E-state index contributed by atoms with van der Waals surface area (Å²) in [4.78, 5) is 19.2. The third-order valence-corrected chi connectivity index (χ3v) is 6.49. The van der Waals surface area contributed by atoms with E-state index >= 15 is 0 Å². The summed E-state index contributed by atoms with van der Waals surface area (Å²) in [5.74, 6) is 0. The van der Waals surface area contributed by atoms with Gasteiger partial charge in [-0.1, -0.05) is 57.9 Å². The van der Waals surface area contributed by atoms with Gasteiger partial charge in [-0.2, -0.15) is 0 Å². The van der Waals surface area contributed by atoms with E-state index in [1.165, 1.54) is 44.9 Å². The fraction of sp³-hybridized carbons (Fsp3) is 0.379. The number of nitrogens with zero attached hydrogens (tertiary/aromatic N) is 4. The highest BCUT2D eigenvalue weighted by atomic mass is 16.5. The van der Waals surface area contributed by atoms with Crippen molar-refractivity contribution in [3.8, 4) is 0 Å². The van der Waals surface area contributed by atoms with Crippen molar-refractivity contribution in [2.75, 3.05) is 6.61 Å². The van der Waals surface area contributed by atoms with Gasteiger partial charge in [0.25, 0.3) is 0 Å². The number of hydrogen-bond donors (Lipinski definition) is 0. The van der Waals surface area contributed by atoms with Crippen LogP contribution in [0.5, 0.6) is 0 Å². The lowest BCUT2D eigenvalue weighted by Gasteiger charge is -2.10. The highest BCUT2D eigenvalue weighted by Crippen LogP contribution is 2.31. The molecule has 0 saturated heterocycles. The summed E-state index contributed by atoms with van der Waals surface area (Å²) in [5.41, 5.74) is 6.37. The second-order valence-corrected chi connectivity index (χ2v) is 9.07. The maximum atomic E-state index is 5.96. The van der Waals surface area contributed by atoms with Gasteiger partial charge in [0.05, 0.1) is 39.7 Å². The Kier molecular flexibility index (Phi) is 7.20. The van der Waals surface area contributed by atoms with Gasteiger partial charge < -0.3 is 4.74 Å². The predicted molar refractivity (Wildman–Crippen MR) is 140 cm³/mol. The minimum atomic E-state index is 0.607. The molecule has 3 aromatic heterocycles. The molecule has 0 fully saturated rings. The molecule has 5 heteroatoms. The van der Waals surface area contributed by atoms with E-state index in [1.807, 2.05) is 24.3 Å². The van der Waals surface area contributed by atoms with Crippen molar-refractivity contribution >= 4 is 43.9 Å². The molecule has 5 nitrogen and oxygen atoms in total. The standard InChI is InChI=1S/C29H32N4O/c1-2-3-4-5-6-7-8-9-18-34-20-21-14-15-24-25(19-21)33-29-23-13-11-17-31-27(23)26-22(28(29)32-24)12-10-16-30-26/h10-17,19H,2-9,18,20H2,1H3. The molecule has 0 aliphatic carbocycles. The van der Waals surface area contributed by atoms with E-state index in [0.717, 1.165) is 62.5 Å². The average molecular weight is 453 g/mol. The summed E-state index contributed by atoms with van der Waals surface area (Å²) in [5, 5.41) is 1.96. The smallest absolute Gasteiger partial charge is 0.0996 e. The Labute approximate surface area is 200 Å². The van der Waals surface area contributed by atoms with Crippen LogP contribution >= 0.6 is 0 Å². The zero-order valence-electron chi connectivity index (χ0n) is 20.0. The Morgan fingerprint density at radius 3 is 1.94 bits per heavy atom. The minimum Gasteiger partial charge on any atom is -0.377 e. The number of rotatable bonds is 11. The molecule has 0 saturated carbocycles. The Balaban J connectivity index is 1.30. The van der Waals surface area contributed by atoms with Crippen molar-refractivity contribution in [1.29, 1.82) is 0 Å². The summed E-state index contributed by atoms with van der Waals surface area (Å²) in [6.07, 6.45) is 14.1. The normalized spacial score (nSPS) is 11.8. The van der Waals surface area contributed by atoms with Crippen LogP contribution in [0.4, 0.5) is 0 Å². The number of benzene rings is 2. The third kappa shape index (κ3) is 4.85. The first-order valence-electron chi connectivity index (χ1n) is 12.6. The summed E-state index contributed by atoms with van der Waals surface area (Å²) in [6, 6.07) is 14.2. The zero-order chi connectivity index (χ0) is 23.2. The molecular weight excluding hydrogens is 420 g/mol. The van der Waals surface area contributed by atoms with Crippen LogP contribution in [0.3, 0.4) is 0 Å². The first-order valence-corrected chi connectivity index (χ1v) is 12.6. The van der Waals surface area contributed by atoms with Crippen molar-refractivity contribution < 1.29 is 4.74 Å². The molecule has 0 atom stereocenters. The SMILES string of the molecule is CCCCCCCCCCOCc1ccc2nc3c4cccnc4c4ncccc4c3nc2c1. The number of pyridine rings is 2. The summed E-state index contributed by atoms with van der Waals surface area (Å²) in [7, 11) is 0. The molecule has 5 rings (SSSR count). The van der Waals surface area contributed by atoms with Crippen LogP contribution in [-0.4, -0.2) is 26.5 Å². The van der Waals surface area contributed by atoms with Crippen molar-refractivity contribution in [2.45, 2.75) is 64.9 Å². The van der Waals surface area contributed by atoms with E-state index in [4.69, 9.17) is 14.7 Å². The molecule has 0 N–H and O–H groups in total. The van der Waals surface area contributed by atoms with E-state index in [2.05, 4.69) is 35.1 Å². The first kappa shape index (κ1) is 22.6. The Bertz CT molecular complexity index is 1420. The summed E-state index contributed by atoms with van der Waals surface area (Å²) < 4.78 is 5.96. The molecule has 0 bridgehead atoms. The number of unbranched alkanes of at least 4 members (excludes halogenated alkanes) is 7. The maximum absolute atomic E-state index is 5.96. The van der Waals surface area contributed by atoms with Crippen molar-refractivity contribution in [3.05, 3.63) is 60.4 Å². The quantitative estimate of drug-likeness (QED) is 0.118. The topological polar surface area (TPSA) is 60.8 Å². The van der Waals surface area contributed by atoms with Crippen LogP contribution < -0.4 is 0 Å². The number of hydrogen-bond acceptors (Lipinski definition) is 5. The van der Waals surface area contributed by atoms with Gasteiger partial charge >= 0.3 is 0 Å².